The molecule has 1 N–H and O–H groups in total. The third kappa shape index (κ3) is 2.79. The Kier molecular flexibility index (Phi) is 3.59. The predicted octanol–water partition coefficient (Wildman–Crippen LogP) is 2.35. The molecule has 0 radical (unpaired) electrons. The van der Waals surface area contributed by atoms with Gasteiger partial charge >= 0.3 is 0 Å². The second-order valence-corrected chi connectivity index (χ2v) is 6.66. The summed E-state index contributed by atoms with van der Waals surface area (Å²) in [6, 6.07) is 6.25. The molecular formula is C17H23FN2O. The molecule has 0 aliphatic carbocycles. The molecule has 0 spiro atoms. The number of hydrogen-bond donors (Lipinski definition) is 1. The summed E-state index contributed by atoms with van der Waals surface area (Å²) in [7, 11) is 0. The number of ether oxygens (including phenoxy) is 1. The number of piperidine rings is 1. The lowest BCUT2D eigenvalue weighted by Gasteiger charge is -2.35. The van der Waals surface area contributed by atoms with E-state index in [2.05, 4.69) is 10.2 Å². The number of halogens is 1. The van der Waals surface area contributed by atoms with Gasteiger partial charge in [-0.25, -0.2) is 4.39 Å². The van der Waals surface area contributed by atoms with Gasteiger partial charge in [-0.1, -0.05) is 0 Å². The first-order valence-corrected chi connectivity index (χ1v) is 8.20. The number of nitrogens with zero attached hydrogens (tertiary/aromatic N) is 1. The van der Waals surface area contributed by atoms with Crippen LogP contribution in [0.15, 0.2) is 18.2 Å². The van der Waals surface area contributed by atoms with Crippen molar-refractivity contribution in [2.45, 2.75) is 50.3 Å². The molecule has 3 atom stereocenters. The molecule has 0 amide bonds. The SMILES string of the molecule is Fc1ccc2c(c1)CC(CNC1CCN3CCCC3C1)O2. The molecule has 0 aromatic heterocycles. The number of nitrogens with one attached hydrogen (secondary N) is 1. The minimum atomic E-state index is -0.167. The van der Waals surface area contributed by atoms with E-state index in [1.807, 2.05) is 0 Å². The summed E-state index contributed by atoms with van der Waals surface area (Å²) in [6.07, 6.45) is 6.22. The van der Waals surface area contributed by atoms with Crippen molar-refractivity contribution < 1.29 is 9.13 Å². The zero-order valence-corrected chi connectivity index (χ0v) is 12.4. The van der Waals surface area contributed by atoms with Crippen molar-refractivity contribution in [3.8, 4) is 5.75 Å². The normalized spacial score (nSPS) is 31.8. The Hall–Kier alpha value is -1.13. The molecule has 3 nitrogen and oxygen atoms in total. The summed E-state index contributed by atoms with van der Waals surface area (Å²) >= 11 is 0. The molecule has 3 unspecified atom stereocenters. The van der Waals surface area contributed by atoms with Crippen LogP contribution in [-0.2, 0) is 6.42 Å². The van der Waals surface area contributed by atoms with Gasteiger partial charge in [0.2, 0.25) is 0 Å². The van der Waals surface area contributed by atoms with E-state index in [0.717, 1.165) is 30.3 Å². The molecule has 0 bridgehead atoms. The van der Waals surface area contributed by atoms with Crippen molar-refractivity contribution in [2.24, 2.45) is 0 Å². The fraction of sp³-hybridized carbons (Fsp3) is 0.647. The van der Waals surface area contributed by atoms with E-state index in [1.165, 1.54) is 44.8 Å². The van der Waals surface area contributed by atoms with Crippen LogP contribution in [0.5, 0.6) is 5.75 Å². The second-order valence-electron chi connectivity index (χ2n) is 6.66. The van der Waals surface area contributed by atoms with Crippen LogP contribution in [0.4, 0.5) is 4.39 Å². The fourth-order valence-corrected chi connectivity index (χ4v) is 4.11. The third-order valence-electron chi connectivity index (χ3n) is 5.22. The molecule has 21 heavy (non-hydrogen) atoms. The lowest BCUT2D eigenvalue weighted by molar-refractivity contribution is 0.154. The van der Waals surface area contributed by atoms with E-state index in [0.29, 0.717) is 6.04 Å². The molecule has 2 fully saturated rings. The van der Waals surface area contributed by atoms with Crippen molar-refractivity contribution in [2.75, 3.05) is 19.6 Å². The highest BCUT2D eigenvalue weighted by atomic mass is 19.1. The van der Waals surface area contributed by atoms with E-state index < -0.39 is 0 Å². The molecule has 4 heteroatoms. The minimum Gasteiger partial charge on any atom is -0.488 e. The zero-order chi connectivity index (χ0) is 14.2. The number of benzene rings is 1. The van der Waals surface area contributed by atoms with E-state index in [-0.39, 0.29) is 11.9 Å². The van der Waals surface area contributed by atoms with Gasteiger partial charge in [0.05, 0.1) is 0 Å². The first-order chi connectivity index (χ1) is 10.3. The summed E-state index contributed by atoms with van der Waals surface area (Å²) in [4.78, 5) is 2.64. The Labute approximate surface area is 125 Å². The van der Waals surface area contributed by atoms with Crippen molar-refractivity contribution in [1.82, 2.24) is 10.2 Å². The maximum absolute atomic E-state index is 13.2. The van der Waals surface area contributed by atoms with Gasteiger partial charge in [-0.15, -0.1) is 0 Å². The first kappa shape index (κ1) is 13.5. The summed E-state index contributed by atoms with van der Waals surface area (Å²) < 4.78 is 19.1. The van der Waals surface area contributed by atoms with Gasteiger partial charge in [-0.2, -0.15) is 0 Å². The minimum absolute atomic E-state index is 0.156. The van der Waals surface area contributed by atoms with Gasteiger partial charge in [-0.05, 0) is 57.0 Å². The van der Waals surface area contributed by atoms with Crippen molar-refractivity contribution >= 4 is 0 Å². The van der Waals surface area contributed by atoms with E-state index in [4.69, 9.17) is 4.74 Å². The highest BCUT2D eigenvalue weighted by molar-refractivity contribution is 5.37. The number of fused-ring (bicyclic) bond motifs is 2. The molecule has 1 aromatic carbocycles. The second kappa shape index (κ2) is 5.58. The monoisotopic (exact) mass is 290 g/mol. The molecule has 114 valence electrons. The molecule has 3 aliphatic rings. The summed E-state index contributed by atoms with van der Waals surface area (Å²) in [6.45, 7) is 3.40. The van der Waals surface area contributed by atoms with Crippen LogP contribution in [0.3, 0.4) is 0 Å². The van der Waals surface area contributed by atoms with E-state index >= 15 is 0 Å². The van der Waals surface area contributed by atoms with E-state index in [1.54, 1.807) is 12.1 Å². The zero-order valence-electron chi connectivity index (χ0n) is 12.4. The highest BCUT2D eigenvalue weighted by Crippen LogP contribution is 2.30. The summed E-state index contributed by atoms with van der Waals surface area (Å²) in [5.74, 6) is 0.688. The molecular weight excluding hydrogens is 267 g/mol. The number of hydrogen-bond acceptors (Lipinski definition) is 3. The van der Waals surface area contributed by atoms with Gasteiger partial charge in [0.25, 0.3) is 0 Å². The van der Waals surface area contributed by atoms with Gasteiger partial charge in [-0.3, -0.25) is 0 Å². The Morgan fingerprint density at radius 3 is 3.19 bits per heavy atom. The average Bonchev–Trinajstić information content (AvgIpc) is 3.09. The topological polar surface area (TPSA) is 24.5 Å². The Morgan fingerprint density at radius 2 is 2.24 bits per heavy atom. The lowest BCUT2D eigenvalue weighted by atomic mass is 9.97. The van der Waals surface area contributed by atoms with Crippen molar-refractivity contribution in [3.63, 3.8) is 0 Å². The molecule has 2 saturated heterocycles. The Bertz CT molecular complexity index is 522. The summed E-state index contributed by atoms with van der Waals surface area (Å²) in [5.41, 5.74) is 1.01. The average molecular weight is 290 g/mol. The van der Waals surface area contributed by atoms with Crippen LogP contribution in [0.25, 0.3) is 0 Å². The van der Waals surface area contributed by atoms with Crippen molar-refractivity contribution in [1.29, 1.82) is 0 Å². The van der Waals surface area contributed by atoms with E-state index in [9.17, 15) is 4.39 Å². The molecule has 3 aliphatic heterocycles. The maximum Gasteiger partial charge on any atom is 0.123 e. The smallest absolute Gasteiger partial charge is 0.123 e. The molecule has 0 saturated carbocycles. The standard InChI is InChI=1S/C17H23FN2O/c18-13-3-4-17-12(8-13)9-16(21-17)11-19-14-5-7-20-6-1-2-15(20)10-14/h3-4,8,14-16,19H,1-2,5-7,9-11H2. The maximum atomic E-state index is 13.2. The highest BCUT2D eigenvalue weighted by Gasteiger charge is 2.32. The van der Waals surface area contributed by atoms with Crippen LogP contribution in [0, 0.1) is 5.82 Å². The Morgan fingerprint density at radius 1 is 1.29 bits per heavy atom. The van der Waals surface area contributed by atoms with Crippen LogP contribution in [-0.4, -0.2) is 42.7 Å². The lowest BCUT2D eigenvalue weighted by Crippen LogP contribution is -2.47. The largest absolute Gasteiger partial charge is 0.488 e. The molecule has 4 rings (SSSR count). The van der Waals surface area contributed by atoms with Crippen LogP contribution in [0.2, 0.25) is 0 Å². The van der Waals surface area contributed by atoms with Crippen LogP contribution >= 0.6 is 0 Å². The molecule has 3 heterocycles. The molecule has 1 aromatic rings. The van der Waals surface area contributed by atoms with Gasteiger partial charge in [0.15, 0.2) is 0 Å². The third-order valence-corrected chi connectivity index (χ3v) is 5.22. The van der Waals surface area contributed by atoms with Gasteiger partial charge in [0, 0.05) is 30.6 Å². The predicted molar refractivity (Wildman–Crippen MR) is 80.1 cm³/mol. The van der Waals surface area contributed by atoms with Gasteiger partial charge in [0.1, 0.15) is 17.7 Å². The van der Waals surface area contributed by atoms with Crippen LogP contribution in [0.1, 0.15) is 31.2 Å². The quantitative estimate of drug-likeness (QED) is 0.925. The van der Waals surface area contributed by atoms with Crippen LogP contribution < -0.4 is 10.1 Å². The Balaban J connectivity index is 1.29. The first-order valence-electron chi connectivity index (χ1n) is 8.20. The number of rotatable bonds is 3. The van der Waals surface area contributed by atoms with Crippen molar-refractivity contribution in [3.05, 3.63) is 29.6 Å². The fourth-order valence-electron chi connectivity index (χ4n) is 4.11. The summed E-state index contributed by atoms with van der Waals surface area (Å²) in [5, 5.41) is 3.68. The van der Waals surface area contributed by atoms with Gasteiger partial charge < -0.3 is 15.0 Å².